The summed E-state index contributed by atoms with van der Waals surface area (Å²) in [6.07, 6.45) is 2.27. The number of aryl methyl sites for hydroxylation is 2. The number of ether oxygens (including phenoxy) is 3. The molecule has 144 valence electrons. The van der Waals surface area contributed by atoms with Crippen LogP contribution in [0.25, 0.3) is 0 Å². The standard InChI is InChI=1S/C21H27N3O3/c1-14-12-18(13-15(2)22-14)27-17-6-8-24(9-7-17)16(3)19-4-5-20-21(23-19)26-11-10-25-20/h4-5,12-13,16-17H,6-11H2,1-3H3. The van der Waals surface area contributed by atoms with Crippen LogP contribution in [0.1, 0.15) is 42.9 Å². The van der Waals surface area contributed by atoms with Gasteiger partial charge in [-0.2, -0.15) is 0 Å². The minimum absolute atomic E-state index is 0.243. The largest absolute Gasteiger partial charge is 0.490 e. The van der Waals surface area contributed by atoms with E-state index < -0.39 is 0 Å². The lowest BCUT2D eigenvalue weighted by Crippen LogP contribution is -2.39. The van der Waals surface area contributed by atoms with Gasteiger partial charge in [0.15, 0.2) is 5.75 Å². The van der Waals surface area contributed by atoms with Crippen molar-refractivity contribution in [3.05, 3.63) is 41.3 Å². The second-order valence-corrected chi connectivity index (χ2v) is 7.35. The normalized spacial score (nSPS) is 18.9. The molecule has 0 saturated carbocycles. The van der Waals surface area contributed by atoms with Gasteiger partial charge in [0.1, 0.15) is 25.1 Å². The number of rotatable bonds is 4. The van der Waals surface area contributed by atoms with E-state index in [1.54, 1.807) is 0 Å². The van der Waals surface area contributed by atoms with Crippen LogP contribution >= 0.6 is 0 Å². The monoisotopic (exact) mass is 369 g/mol. The zero-order chi connectivity index (χ0) is 18.8. The first kappa shape index (κ1) is 18.0. The zero-order valence-corrected chi connectivity index (χ0v) is 16.3. The van der Waals surface area contributed by atoms with Crippen LogP contribution in [0.3, 0.4) is 0 Å². The maximum Gasteiger partial charge on any atom is 0.257 e. The Bertz CT molecular complexity index is 783. The average molecular weight is 369 g/mol. The first-order chi connectivity index (χ1) is 13.1. The molecular formula is C21H27N3O3. The van der Waals surface area contributed by atoms with E-state index in [1.165, 1.54) is 0 Å². The fourth-order valence-electron chi connectivity index (χ4n) is 3.80. The van der Waals surface area contributed by atoms with E-state index >= 15 is 0 Å². The predicted octanol–water partition coefficient (Wildman–Crippen LogP) is 3.47. The van der Waals surface area contributed by atoms with Gasteiger partial charge in [-0.15, -0.1) is 0 Å². The van der Waals surface area contributed by atoms with Gasteiger partial charge in [-0.1, -0.05) is 0 Å². The van der Waals surface area contributed by atoms with Gasteiger partial charge in [-0.05, 0) is 45.7 Å². The SMILES string of the molecule is Cc1cc(OC2CCN(C(C)c3ccc4c(n3)OCCO4)CC2)cc(C)n1. The van der Waals surface area contributed by atoms with Gasteiger partial charge in [0.05, 0.1) is 5.69 Å². The molecule has 0 radical (unpaired) electrons. The lowest BCUT2D eigenvalue weighted by atomic mass is 10.0. The summed E-state index contributed by atoms with van der Waals surface area (Å²) in [5, 5.41) is 0. The Kier molecular flexibility index (Phi) is 5.16. The molecule has 1 unspecified atom stereocenters. The molecular weight excluding hydrogens is 342 g/mol. The van der Waals surface area contributed by atoms with E-state index in [-0.39, 0.29) is 12.1 Å². The Balaban J connectivity index is 1.36. The summed E-state index contributed by atoms with van der Waals surface area (Å²) in [4.78, 5) is 11.5. The van der Waals surface area contributed by atoms with Crippen LogP contribution in [0, 0.1) is 13.8 Å². The van der Waals surface area contributed by atoms with Crippen molar-refractivity contribution in [2.75, 3.05) is 26.3 Å². The Labute approximate surface area is 160 Å². The molecule has 0 aliphatic carbocycles. The van der Waals surface area contributed by atoms with Gasteiger partial charge in [0, 0.05) is 42.7 Å². The molecule has 0 spiro atoms. The topological polar surface area (TPSA) is 56.7 Å². The number of hydrogen-bond donors (Lipinski definition) is 0. The Morgan fingerprint density at radius 1 is 1.04 bits per heavy atom. The summed E-state index contributed by atoms with van der Waals surface area (Å²) in [7, 11) is 0. The minimum atomic E-state index is 0.243. The molecule has 2 aliphatic rings. The Hall–Kier alpha value is -2.34. The van der Waals surface area contributed by atoms with Crippen molar-refractivity contribution in [1.82, 2.24) is 14.9 Å². The molecule has 6 heteroatoms. The summed E-state index contributed by atoms with van der Waals surface area (Å²) in [5.74, 6) is 2.29. The fraction of sp³-hybridized carbons (Fsp3) is 0.524. The lowest BCUT2D eigenvalue weighted by Gasteiger charge is -2.36. The first-order valence-electron chi connectivity index (χ1n) is 9.71. The van der Waals surface area contributed by atoms with Crippen LogP contribution in [0.2, 0.25) is 0 Å². The summed E-state index contributed by atoms with van der Waals surface area (Å²) in [5.41, 5.74) is 3.03. The molecule has 1 saturated heterocycles. The van der Waals surface area contributed by atoms with Gasteiger partial charge in [0.25, 0.3) is 5.88 Å². The van der Waals surface area contributed by atoms with Crippen LogP contribution in [-0.4, -0.2) is 47.3 Å². The molecule has 27 heavy (non-hydrogen) atoms. The quantitative estimate of drug-likeness (QED) is 0.823. The van der Waals surface area contributed by atoms with Gasteiger partial charge < -0.3 is 14.2 Å². The smallest absolute Gasteiger partial charge is 0.257 e. The van der Waals surface area contributed by atoms with Crippen LogP contribution < -0.4 is 14.2 Å². The number of nitrogens with zero attached hydrogens (tertiary/aromatic N) is 3. The third-order valence-corrected chi connectivity index (χ3v) is 5.24. The highest BCUT2D eigenvalue weighted by Gasteiger charge is 2.26. The molecule has 0 bridgehead atoms. The van der Waals surface area contributed by atoms with Crippen molar-refractivity contribution in [2.24, 2.45) is 0 Å². The van der Waals surface area contributed by atoms with Gasteiger partial charge in [0.2, 0.25) is 0 Å². The van der Waals surface area contributed by atoms with E-state index in [4.69, 9.17) is 14.2 Å². The zero-order valence-electron chi connectivity index (χ0n) is 16.3. The van der Waals surface area contributed by atoms with Gasteiger partial charge in [-0.3, -0.25) is 9.88 Å². The van der Waals surface area contributed by atoms with E-state index in [0.717, 1.165) is 54.5 Å². The van der Waals surface area contributed by atoms with E-state index in [9.17, 15) is 0 Å². The van der Waals surface area contributed by atoms with Crippen LogP contribution in [-0.2, 0) is 0 Å². The van der Waals surface area contributed by atoms with Crippen molar-refractivity contribution >= 4 is 0 Å². The van der Waals surface area contributed by atoms with Gasteiger partial charge in [-0.25, -0.2) is 4.98 Å². The number of aromatic nitrogens is 2. The number of fused-ring (bicyclic) bond motifs is 1. The first-order valence-corrected chi connectivity index (χ1v) is 9.71. The molecule has 2 aromatic heterocycles. The molecule has 1 fully saturated rings. The summed E-state index contributed by atoms with van der Waals surface area (Å²) >= 11 is 0. The number of likely N-dealkylation sites (tertiary alicyclic amines) is 1. The van der Waals surface area contributed by atoms with Crippen molar-refractivity contribution in [1.29, 1.82) is 0 Å². The molecule has 0 amide bonds. The molecule has 2 aliphatic heterocycles. The fourth-order valence-corrected chi connectivity index (χ4v) is 3.80. The number of pyridine rings is 2. The molecule has 2 aromatic rings. The molecule has 4 rings (SSSR count). The van der Waals surface area contributed by atoms with E-state index in [0.29, 0.717) is 19.1 Å². The van der Waals surface area contributed by atoms with Crippen LogP contribution in [0.15, 0.2) is 24.3 Å². The lowest BCUT2D eigenvalue weighted by molar-refractivity contribution is 0.0779. The molecule has 0 N–H and O–H groups in total. The third-order valence-electron chi connectivity index (χ3n) is 5.24. The highest BCUT2D eigenvalue weighted by molar-refractivity contribution is 5.36. The van der Waals surface area contributed by atoms with E-state index in [1.807, 2.05) is 38.1 Å². The van der Waals surface area contributed by atoms with Crippen molar-refractivity contribution in [3.63, 3.8) is 0 Å². The molecule has 6 nitrogen and oxygen atoms in total. The van der Waals surface area contributed by atoms with Crippen molar-refractivity contribution in [3.8, 4) is 17.4 Å². The van der Waals surface area contributed by atoms with E-state index in [2.05, 4.69) is 21.8 Å². The number of hydrogen-bond acceptors (Lipinski definition) is 6. The number of piperidine rings is 1. The van der Waals surface area contributed by atoms with Crippen LogP contribution in [0.5, 0.6) is 17.4 Å². The average Bonchev–Trinajstić information content (AvgIpc) is 2.67. The maximum absolute atomic E-state index is 6.21. The Morgan fingerprint density at radius 2 is 1.74 bits per heavy atom. The third kappa shape index (κ3) is 4.16. The highest BCUT2D eigenvalue weighted by Crippen LogP contribution is 2.32. The summed E-state index contributed by atoms with van der Waals surface area (Å²) in [6.45, 7) is 9.35. The summed E-state index contributed by atoms with van der Waals surface area (Å²) in [6, 6.07) is 8.29. The second kappa shape index (κ2) is 7.72. The maximum atomic E-state index is 6.21. The summed E-state index contributed by atoms with van der Waals surface area (Å²) < 4.78 is 17.4. The van der Waals surface area contributed by atoms with Crippen molar-refractivity contribution in [2.45, 2.75) is 45.8 Å². The predicted molar refractivity (Wildman–Crippen MR) is 103 cm³/mol. The Morgan fingerprint density at radius 3 is 2.48 bits per heavy atom. The van der Waals surface area contributed by atoms with Crippen LogP contribution in [0.4, 0.5) is 0 Å². The molecule has 1 atom stereocenters. The molecule has 0 aromatic carbocycles. The van der Waals surface area contributed by atoms with Crippen molar-refractivity contribution < 1.29 is 14.2 Å². The second-order valence-electron chi connectivity index (χ2n) is 7.35. The highest BCUT2D eigenvalue weighted by atomic mass is 16.6. The minimum Gasteiger partial charge on any atom is -0.490 e. The molecule has 4 heterocycles. The van der Waals surface area contributed by atoms with Gasteiger partial charge >= 0.3 is 0 Å².